The number of rotatable bonds is 5. The summed E-state index contributed by atoms with van der Waals surface area (Å²) in [4.78, 5) is 11.1. The fraction of sp³-hybridized carbons (Fsp3) is 0.273. The predicted molar refractivity (Wildman–Crippen MR) is 79.2 cm³/mol. The lowest BCUT2D eigenvalue weighted by Gasteiger charge is -2.17. The van der Waals surface area contributed by atoms with Crippen LogP contribution >= 0.6 is 11.8 Å². The van der Waals surface area contributed by atoms with E-state index >= 15 is 0 Å². The molecule has 0 bridgehead atoms. The van der Waals surface area contributed by atoms with Gasteiger partial charge in [-0.3, -0.25) is 9.80 Å². The van der Waals surface area contributed by atoms with Crippen LogP contribution in [0.5, 0.6) is 0 Å². The highest BCUT2D eigenvalue weighted by Gasteiger charge is 2.25. The molecule has 0 radical (unpaired) electrons. The first-order valence-corrected chi connectivity index (χ1v) is 8.44. The number of hydrazone groups is 1. The molecule has 3 N–H and O–H groups in total. The highest BCUT2D eigenvalue weighted by Crippen LogP contribution is 2.29. The molecule has 10 heteroatoms. The normalized spacial score (nSPS) is 14.7. The van der Waals surface area contributed by atoms with Crippen molar-refractivity contribution in [1.82, 2.24) is 4.72 Å². The van der Waals surface area contributed by atoms with E-state index in [2.05, 4.69) is 9.82 Å². The molecular weight excluding hydrogens is 319 g/mol. The smallest absolute Gasteiger partial charge is 0.251 e. The van der Waals surface area contributed by atoms with Crippen LogP contribution in [0, 0.1) is 5.82 Å². The van der Waals surface area contributed by atoms with Gasteiger partial charge >= 0.3 is 0 Å². The van der Waals surface area contributed by atoms with Crippen molar-refractivity contribution in [3.05, 3.63) is 23.5 Å². The number of amides is 1. The third-order valence-corrected chi connectivity index (χ3v) is 4.84. The van der Waals surface area contributed by atoms with E-state index in [-0.39, 0.29) is 17.1 Å². The Bertz CT molecular complexity index is 706. The summed E-state index contributed by atoms with van der Waals surface area (Å²) in [5.74, 6) is -1.62. The van der Waals surface area contributed by atoms with Crippen LogP contribution in [0.15, 0.2) is 22.1 Å². The fourth-order valence-electron chi connectivity index (χ4n) is 1.74. The Hall–Kier alpha value is -1.65. The van der Waals surface area contributed by atoms with Crippen molar-refractivity contribution in [3.8, 4) is 0 Å². The van der Waals surface area contributed by atoms with E-state index in [0.29, 0.717) is 5.88 Å². The highest BCUT2D eigenvalue weighted by molar-refractivity contribution is 8.12. The molecule has 7 nitrogen and oxygen atoms in total. The average Bonchev–Trinajstić information content (AvgIpc) is 2.92. The van der Waals surface area contributed by atoms with Gasteiger partial charge in [-0.1, -0.05) is 18.7 Å². The minimum absolute atomic E-state index is 0.107. The molecule has 0 saturated heterocycles. The monoisotopic (exact) mass is 332 g/mol. The van der Waals surface area contributed by atoms with Crippen LogP contribution in [0.4, 0.5) is 10.1 Å². The van der Waals surface area contributed by atoms with E-state index in [9.17, 15) is 17.6 Å². The van der Waals surface area contributed by atoms with Crippen molar-refractivity contribution in [2.45, 2.75) is 11.8 Å². The Morgan fingerprint density at radius 2 is 2.29 bits per heavy atom. The summed E-state index contributed by atoms with van der Waals surface area (Å²) in [6.07, 6.45) is 0. The summed E-state index contributed by atoms with van der Waals surface area (Å²) >= 11 is 1.31. The van der Waals surface area contributed by atoms with Crippen LogP contribution in [0.2, 0.25) is 0 Å². The quantitative estimate of drug-likeness (QED) is 0.825. The molecule has 0 fully saturated rings. The number of halogens is 1. The molecule has 0 aliphatic carbocycles. The van der Waals surface area contributed by atoms with Gasteiger partial charge in [0.1, 0.15) is 0 Å². The maximum Gasteiger partial charge on any atom is 0.251 e. The molecule has 0 spiro atoms. The van der Waals surface area contributed by atoms with Crippen LogP contribution in [0.25, 0.3) is 0 Å². The number of hydrogen-bond donors (Lipinski definition) is 2. The van der Waals surface area contributed by atoms with Gasteiger partial charge in [-0.25, -0.2) is 17.5 Å². The number of carbonyl (C=O) groups is 1. The first-order valence-electron chi connectivity index (χ1n) is 5.91. The summed E-state index contributed by atoms with van der Waals surface area (Å²) in [6.45, 7) is 1.77. The number of primary amides is 1. The summed E-state index contributed by atoms with van der Waals surface area (Å²) < 4.78 is 40.6. The molecule has 1 aliphatic heterocycles. The first kappa shape index (κ1) is 15.7. The molecule has 1 heterocycles. The SMILES string of the molecule is CCNS(=O)(=O)c1cc(C(N)=O)c(F)c(N2CSC=N2)c1. The zero-order valence-corrected chi connectivity index (χ0v) is 12.7. The van der Waals surface area contributed by atoms with E-state index in [1.807, 2.05) is 0 Å². The van der Waals surface area contributed by atoms with Gasteiger partial charge in [0, 0.05) is 6.54 Å². The molecule has 0 atom stereocenters. The molecule has 21 heavy (non-hydrogen) atoms. The van der Waals surface area contributed by atoms with Gasteiger partial charge in [0.2, 0.25) is 10.0 Å². The third-order valence-electron chi connectivity index (χ3n) is 2.67. The van der Waals surface area contributed by atoms with Crippen molar-refractivity contribution < 1.29 is 17.6 Å². The van der Waals surface area contributed by atoms with E-state index < -0.39 is 27.3 Å². The largest absolute Gasteiger partial charge is 0.366 e. The van der Waals surface area contributed by atoms with Crippen LogP contribution < -0.4 is 15.5 Å². The van der Waals surface area contributed by atoms with Crippen LogP contribution in [-0.4, -0.2) is 32.3 Å². The average molecular weight is 332 g/mol. The number of hydrogen-bond acceptors (Lipinski definition) is 6. The number of nitrogens with two attached hydrogens (primary N) is 1. The standard InChI is InChI=1S/C11H13FN4O3S2/c1-2-15-21(18,19)7-3-8(11(13)17)10(12)9(4-7)16-6-20-5-14-16/h3-5,15H,2,6H2,1H3,(H2,13,17). The van der Waals surface area contributed by atoms with Crippen LogP contribution in [-0.2, 0) is 10.0 Å². The van der Waals surface area contributed by atoms with Crippen molar-refractivity contribution in [2.75, 3.05) is 17.4 Å². The Balaban J connectivity index is 2.62. The molecule has 0 unspecified atom stereocenters. The number of carbonyl (C=O) groups excluding carboxylic acids is 1. The highest BCUT2D eigenvalue weighted by atomic mass is 32.2. The molecule has 1 amide bonds. The maximum absolute atomic E-state index is 14.3. The molecule has 0 saturated carbocycles. The number of thioether (sulfide) groups is 1. The minimum Gasteiger partial charge on any atom is -0.366 e. The Kier molecular flexibility index (Phi) is 4.49. The second kappa shape index (κ2) is 6.00. The zero-order valence-electron chi connectivity index (χ0n) is 11.0. The molecule has 114 valence electrons. The van der Waals surface area contributed by atoms with Crippen LogP contribution in [0.3, 0.4) is 0 Å². The van der Waals surface area contributed by atoms with Gasteiger partial charge in [0.25, 0.3) is 5.91 Å². The molecule has 0 aromatic heterocycles. The lowest BCUT2D eigenvalue weighted by molar-refractivity contribution is 0.0996. The number of nitrogens with zero attached hydrogens (tertiary/aromatic N) is 2. The van der Waals surface area contributed by atoms with Gasteiger partial charge < -0.3 is 5.73 Å². The van der Waals surface area contributed by atoms with Gasteiger partial charge in [-0.05, 0) is 12.1 Å². The molecular formula is C11H13FN4O3S2. The predicted octanol–water partition coefficient (Wildman–Crippen LogP) is 0.677. The van der Waals surface area contributed by atoms with Gasteiger partial charge in [0.15, 0.2) is 5.82 Å². The topological polar surface area (TPSA) is 105 Å². The van der Waals surface area contributed by atoms with Gasteiger partial charge in [0.05, 0.1) is 27.6 Å². The van der Waals surface area contributed by atoms with Crippen LogP contribution in [0.1, 0.15) is 17.3 Å². The zero-order chi connectivity index (χ0) is 15.6. The second-order valence-electron chi connectivity index (χ2n) is 4.09. The Morgan fingerprint density at radius 3 is 2.81 bits per heavy atom. The summed E-state index contributed by atoms with van der Waals surface area (Å²) in [5.41, 5.74) is 6.01. The molecule has 1 aromatic carbocycles. The Morgan fingerprint density at radius 1 is 1.57 bits per heavy atom. The third kappa shape index (κ3) is 3.17. The summed E-state index contributed by atoms with van der Waals surface area (Å²) in [6, 6.07) is 2.05. The minimum atomic E-state index is -3.84. The Labute approximate surface area is 125 Å². The van der Waals surface area contributed by atoms with E-state index in [4.69, 9.17) is 5.73 Å². The van der Waals surface area contributed by atoms with Gasteiger partial charge in [-0.2, -0.15) is 5.10 Å². The van der Waals surface area contributed by atoms with E-state index in [1.54, 1.807) is 6.92 Å². The summed E-state index contributed by atoms with van der Waals surface area (Å²) in [5, 5.41) is 5.16. The molecule has 1 aromatic rings. The lowest BCUT2D eigenvalue weighted by atomic mass is 10.1. The first-order chi connectivity index (χ1) is 9.86. The van der Waals surface area contributed by atoms with Crippen molar-refractivity contribution in [3.63, 3.8) is 0 Å². The number of sulfonamides is 1. The summed E-state index contributed by atoms with van der Waals surface area (Å²) in [7, 11) is -3.84. The molecule has 1 aliphatic rings. The van der Waals surface area contributed by atoms with Crippen molar-refractivity contribution in [2.24, 2.45) is 10.8 Å². The van der Waals surface area contributed by atoms with E-state index in [0.717, 1.165) is 12.1 Å². The maximum atomic E-state index is 14.3. The number of anilines is 1. The number of nitrogens with one attached hydrogen (secondary N) is 1. The lowest BCUT2D eigenvalue weighted by Crippen LogP contribution is -2.25. The van der Waals surface area contributed by atoms with E-state index in [1.165, 1.54) is 22.3 Å². The fourth-order valence-corrected chi connectivity index (χ4v) is 3.42. The second-order valence-corrected chi connectivity index (χ2v) is 6.66. The number of benzene rings is 1. The van der Waals surface area contributed by atoms with Crippen molar-refractivity contribution >= 4 is 38.9 Å². The van der Waals surface area contributed by atoms with Crippen molar-refractivity contribution in [1.29, 1.82) is 0 Å². The van der Waals surface area contributed by atoms with Gasteiger partial charge in [-0.15, -0.1) is 0 Å². The molecule has 2 rings (SSSR count).